The molecule has 3 aromatic rings. The molecule has 10 heteroatoms. The molecule has 0 spiro atoms. The standard InChI is InChI=1S/C15H16N4OS5/c1-2-4-16-12(20)9-24-15-19-18-14(25-15)23-8-11-7-22-13(17-11)10-3-5-21-6-10/h3,5-7H,2,4,8-9H2,1H3,(H,16,20). The van der Waals surface area contributed by atoms with Crippen LogP contribution in [0, 0.1) is 0 Å². The van der Waals surface area contributed by atoms with Crippen LogP contribution in [0.4, 0.5) is 0 Å². The van der Waals surface area contributed by atoms with Crippen molar-refractivity contribution in [2.24, 2.45) is 0 Å². The zero-order valence-corrected chi connectivity index (χ0v) is 17.5. The molecule has 0 atom stereocenters. The highest BCUT2D eigenvalue weighted by molar-refractivity contribution is 8.03. The third kappa shape index (κ3) is 5.78. The van der Waals surface area contributed by atoms with Gasteiger partial charge in [-0.2, -0.15) is 11.3 Å². The highest BCUT2D eigenvalue weighted by Gasteiger charge is 2.10. The van der Waals surface area contributed by atoms with Crippen LogP contribution in [0.15, 0.2) is 30.9 Å². The Kier molecular flexibility index (Phi) is 7.29. The number of thioether (sulfide) groups is 2. The lowest BCUT2D eigenvalue weighted by molar-refractivity contribution is -0.118. The minimum atomic E-state index is 0.0414. The van der Waals surface area contributed by atoms with E-state index in [4.69, 9.17) is 0 Å². The van der Waals surface area contributed by atoms with E-state index < -0.39 is 0 Å². The molecule has 0 radical (unpaired) electrons. The van der Waals surface area contributed by atoms with Crippen molar-refractivity contribution >= 4 is 63.4 Å². The molecule has 0 bridgehead atoms. The molecule has 1 N–H and O–H groups in total. The molecule has 3 aromatic heterocycles. The van der Waals surface area contributed by atoms with E-state index >= 15 is 0 Å². The van der Waals surface area contributed by atoms with Gasteiger partial charge in [0, 0.05) is 28.6 Å². The molecule has 3 heterocycles. The van der Waals surface area contributed by atoms with E-state index in [-0.39, 0.29) is 5.91 Å². The Morgan fingerprint density at radius 2 is 2.08 bits per heavy atom. The van der Waals surface area contributed by atoms with E-state index in [1.807, 2.05) is 6.92 Å². The number of carbonyl (C=O) groups excluding carboxylic acids is 1. The van der Waals surface area contributed by atoms with Crippen LogP contribution in [-0.4, -0.2) is 33.4 Å². The Hall–Kier alpha value is -0.940. The van der Waals surface area contributed by atoms with Crippen LogP contribution < -0.4 is 5.32 Å². The van der Waals surface area contributed by atoms with Crippen LogP contribution in [0.25, 0.3) is 10.6 Å². The van der Waals surface area contributed by atoms with Gasteiger partial charge < -0.3 is 5.32 Å². The van der Waals surface area contributed by atoms with Gasteiger partial charge in [0.15, 0.2) is 8.68 Å². The predicted octanol–water partition coefficient (Wildman–Crippen LogP) is 4.63. The van der Waals surface area contributed by atoms with Gasteiger partial charge >= 0.3 is 0 Å². The first kappa shape index (κ1) is 18.8. The average Bonchev–Trinajstić information content (AvgIpc) is 3.37. The quantitative estimate of drug-likeness (QED) is 0.501. The van der Waals surface area contributed by atoms with Crippen molar-refractivity contribution in [2.75, 3.05) is 12.3 Å². The smallest absolute Gasteiger partial charge is 0.230 e. The molecule has 132 valence electrons. The molecule has 3 rings (SSSR count). The van der Waals surface area contributed by atoms with E-state index in [0.717, 1.165) is 38.1 Å². The van der Waals surface area contributed by atoms with Gasteiger partial charge in [-0.1, -0.05) is 41.8 Å². The minimum Gasteiger partial charge on any atom is -0.355 e. The fourth-order valence-electron chi connectivity index (χ4n) is 1.78. The number of nitrogens with one attached hydrogen (secondary N) is 1. The van der Waals surface area contributed by atoms with Crippen molar-refractivity contribution in [1.82, 2.24) is 20.5 Å². The molecule has 0 aliphatic rings. The molecule has 0 aliphatic heterocycles. The molecule has 1 amide bonds. The summed E-state index contributed by atoms with van der Waals surface area (Å²) in [5.74, 6) is 1.20. The van der Waals surface area contributed by atoms with Gasteiger partial charge in [0.05, 0.1) is 11.4 Å². The Balaban J connectivity index is 1.46. The number of thiazole rings is 1. The van der Waals surface area contributed by atoms with Gasteiger partial charge in [0.25, 0.3) is 0 Å². The van der Waals surface area contributed by atoms with Crippen molar-refractivity contribution in [3.63, 3.8) is 0 Å². The first-order chi connectivity index (χ1) is 12.2. The highest BCUT2D eigenvalue weighted by atomic mass is 32.2. The molecule has 0 saturated carbocycles. The second-order valence-corrected chi connectivity index (χ2v) is 9.98. The molecule has 5 nitrogen and oxygen atoms in total. The third-order valence-electron chi connectivity index (χ3n) is 2.95. The van der Waals surface area contributed by atoms with Gasteiger partial charge in [-0.25, -0.2) is 4.98 Å². The van der Waals surface area contributed by atoms with E-state index in [1.54, 1.807) is 34.4 Å². The molecule has 0 fully saturated rings. The van der Waals surface area contributed by atoms with Crippen LogP contribution in [0.3, 0.4) is 0 Å². The average molecular weight is 429 g/mol. The molecular formula is C15H16N4OS5. The summed E-state index contributed by atoms with van der Waals surface area (Å²) < 4.78 is 1.73. The lowest BCUT2D eigenvalue weighted by atomic mass is 10.4. The molecule has 0 saturated heterocycles. The number of hydrogen-bond donors (Lipinski definition) is 1. The largest absolute Gasteiger partial charge is 0.355 e. The lowest BCUT2D eigenvalue weighted by Crippen LogP contribution is -2.25. The fourth-order valence-corrected chi connectivity index (χ4v) is 6.16. The van der Waals surface area contributed by atoms with E-state index in [9.17, 15) is 4.79 Å². The summed E-state index contributed by atoms with van der Waals surface area (Å²) in [7, 11) is 0. The topological polar surface area (TPSA) is 67.8 Å². The number of aromatic nitrogens is 3. The Morgan fingerprint density at radius 1 is 1.24 bits per heavy atom. The highest BCUT2D eigenvalue weighted by Crippen LogP contribution is 2.32. The zero-order chi connectivity index (χ0) is 17.5. The molecular weight excluding hydrogens is 413 g/mol. The fraction of sp³-hybridized carbons (Fsp3) is 0.333. The van der Waals surface area contributed by atoms with Gasteiger partial charge in [-0.3, -0.25) is 4.79 Å². The minimum absolute atomic E-state index is 0.0414. The van der Waals surface area contributed by atoms with Crippen molar-refractivity contribution in [3.05, 3.63) is 27.9 Å². The number of rotatable bonds is 9. The first-order valence-electron chi connectivity index (χ1n) is 7.57. The molecule has 0 aromatic carbocycles. The third-order valence-corrected chi connectivity index (χ3v) is 7.80. The van der Waals surface area contributed by atoms with Crippen LogP contribution in [0.5, 0.6) is 0 Å². The Labute approximate surface area is 166 Å². The number of nitrogens with zero attached hydrogens (tertiary/aromatic N) is 3. The maximum atomic E-state index is 11.6. The maximum Gasteiger partial charge on any atom is 0.230 e. The number of hydrogen-bond acceptors (Lipinski definition) is 9. The molecule has 25 heavy (non-hydrogen) atoms. The normalized spacial score (nSPS) is 10.9. The van der Waals surface area contributed by atoms with Crippen LogP contribution in [0.2, 0.25) is 0 Å². The molecule has 0 unspecified atom stereocenters. The SMILES string of the molecule is CCCNC(=O)CSc1nnc(SCc2csc(-c3ccsc3)n2)s1. The summed E-state index contributed by atoms with van der Waals surface area (Å²) in [6.45, 7) is 2.75. The molecule has 0 aliphatic carbocycles. The van der Waals surface area contributed by atoms with Gasteiger partial charge in [-0.05, 0) is 17.9 Å². The van der Waals surface area contributed by atoms with Crippen molar-refractivity contribution in [3.8, 4) is 10.6 Å². The lowest BCUT2D eigenvalue weighted by Gasteiger charge is -2.00. The van der Waals surface area contributed by atoms with E-state index in [2.05, 4.69) is 42.7 Å². The second-order valence-electron chi connectivity index (χ2n) is 4.92. The summed E-state index contributed by atoms with van der Waals surface area (Å²) in [6.07, 6.45) is 0.945. The van der Waals surface area contributed by atoms with E-state index in [1.165, 1.54) is 28.7 Å². The van der Waals surface area contributed by atoms with Crippen LogP contribution >= 0.6 is 57.5 Å². The zero-order valence-electron chi connectivity index (χ0n) is 13.4. The summed E-state index contributed by atoms with van der Waals surface area (Å²) in [4.78, 5) is 16.3. The maximum absolute atomic E-state index is 11.6. The summed E-state index contributed by atoms with van der Waals surface area (Å²) in [6, 6.07) is 2.09. The Bertz CT molecular complexity index is 799. The van der Waals surface area contributed by atoms with E-state index in [0.29, 0.717) is 5.75 Å². The van der Waals surface area contributed by atoms with Crippen molar-refractivity contribution in [1.29, 1.82) is 0 Å². The predicted molar refractivity (Wildman–Crippen MR) is 109 cm³/mol. The monoisotopic (exact) mass is 428 g/mol. The first-order valence-corrected chi connectivity index (χ1v) is 12.2. The Morgan fingerprint density at radius 3 is 2.84 bits per heavy atom. The number of thiophene rings is 1. The summed E-state index contributed by atoms with van der Waals surface area (Å²) >= 11 is 7.93. The van der Waals surface area contributed by atoms with Crippen molar-refractivity contribution in [2.45, 2.75) is 27.8 Å². The summed E-state index contributed by atoms with van der Waals surface area (Å²) in [5, 5.41) is 18.5. The summed E-state index contributed by atoms with van der Waals surface area (Å²) in [5.41, 5.74) is 2.24. The van der Waals surface area contributed by atoms with Gasteiger partial charge in [0.1, 0.15) is 5.01 Å². The van der Waals surface area contributed by atoms with Crippen LogP contribution in [-0.2, 0) is 10.5 Å². The second kappa shape index (κ2) is 9.67. The number of carbonyl (C=O) groups is 1. The van der Waals surface area contributed by atoms with Gasteiger partial charge in [0.2, 0.25) is 5.91 Å². The van der Waals surface area contributed by atoms with Gasteiger partial charge in [-0.15, -0.1) is 21.5 Å². The van der Waals surface area contributed by atoms with Crippen molar-refractivity contribution < 1.29 is 4.79 Å². The number of amides is 1. The van der Waals surface area contributed by atoms with Crippen LogP contribution in [0.1, 0.15) is 19.0 Å².